The van der Waals surface area contributed by atoms with Crippen LogP contribution in [-0.4, -0.2) is 20.0 Å². The van der Waals surface area contributed by atoms with E-state index in [0.29, 0.717) is 16.6 Å². The van der Waals surface area contributed by atoms with Crippen LogP contribution in [0.4, 0.5) is 0 Å². The lowest BCUT2D eigenvalue weighted by Crippen LogP contribution is -2.50. The van der Waals surface area contributed by atoms with E-state index in [-0.39, 0.29) is 18.6 Å². The van der Waals surface area contributed by atoms with Crippen molar-refractivity contribution in [3.8, 4) is 11.5 Å². The SMILES string of the molecule is CC(C)[Si](Oc1ccc([C@@H]2Oc3ccc(Br)cc3[C@@H]2CO)cc1)(C(C)C)C(C)C. The fraction of sp³-hybridized carbons (Fsp3) is 0.500. The molecule has 0 unspecified atom stereocenters. The standard InChI is InChI=1S/C24H33BrO3Si/c1-15(2)29(16(3)4,17(5)6)28-20-10-7-18(8-11-20)24-22(14-26)21-13-19(25)9-12-23(21)27-24/h7-13,15-17,22,24,26H,14H2,1-6H3/t22-,24-/m0/s1. The van der Waals surface area contributed by atoms with E-state index < -0.39 is 8.32 Å². The van der Waals surface area contributed by atoms with Gasteiger partial charge in [0.15, 0.2) is 0 Å². The molecule has 1 aliphatic rings. The lowest BCUT2D eigenvalue weighted by Gasteiger charge is -2.42. The van der Waals surface area contributed by atoms with E-state index >= 15 is 0 Å². The number of ether oxygens (including phenoxy) is 1. The van der Waals surface area contributed by atoms with Gasteiger partial charge in [0.2, 0.25) is 0 Å². The van der Waals surface area contributed by atoms with Gasteiger partial charge in [-0.2, -0.15) is 0 Å². The molecule has 0 fully saturated rings. The number of fused-ring (bicyclic) bond motifs is 1. The number of hydrogen-bond donors (Lipinski definition) is 1. The molecule has 1 heterocycles. The van der Waals surface area contributed by atoms with Gasteiger partial charge in [-0.05, 0) is 52.5 Å². The quantitative estimate of drug-likeness (QED) is 0.428. The van der Waals surface area contributed by atoms with Crippen molar-refractivity contribution in [2.45, 2.75) is 70.2 Å². The van der Waals surface area contributed by atoms with Crippen LogP contribution in [0.1, 0.15) is 64.7 Å². The van der Waals surface area contributed by atoms with E-state index in [1.54, 1.807) is 0 Å². The Hall–Kier alpha value is -1.30. The van der Waals surface area contributed by atoms with Crippen LogP contribution in [0.2, 0.25) is 16.6 Å². The van der Waals surface area contributed by atoms with E-state index in [2.05, 4.69) is 81.7 Å². The fourth-order valence-electron chi connectivity index (χ4n) is 5.08. The molecule has 0 aliphatic carbocycles. The molecule has 1 N–H and O–H groups in total. The summed E-state index contributed by atoms with van der Waals surface area (Å²) in [5.41, 5.74) is 3.72. The van der Waals surface area contributed by atoms with E-state index in [4.69, 9.17) is 9.16 Å². The molecule has 0 saturated heterocycles. The lowest BCUT2D eigenvalue weighted by atomic mass is 9.92. The highest BCUT2D eigenvalue weighted by Crippen LogP contribution is 2.47. The lowest BCUT2D eigenvalue weighted by molar-refractivity contribution is 0.160. The van der Waals surface area contributed by atoms with E-state index in [1.807, 2.05) is 18.2 Å². The molecule has 0 saturated carbocycles. The average molecular weight is 478 g/mol. The Bertz CT molecular complexity index is 811. The third kappa shape index (κ3) is 4.14. The van der Waals surface area contributed by atoms with Crippen LogP contribution in [0.25, 0.3) is 0 Å². The van der Waals surface area contributed by atoms with Gasteiger partial charge in [0.05, 0.1) is 12.5 Å². The summed E-state index contributed by atoms with van der Waals surface area (Å²) in [5.74, 6) is 1.73. The Morgan fingerprint density at radius 1 is 0.966 bits per heavy atom. The van der Waals surface area contributed by atoms with Crippen molar-refractivity contribution < 1.29 is 14.3 Å². The molecule has 5 heteroatoms. The normalized spacial score (nSPS) is 19.0. The Balaban J connectivity index is 1.85. The van der Waals surface area contributed by atoms with Gasteiger partial charge in [0.25, 0.3) is 8.32 Å². The van der Waals surface area contributed by atoms with Gasteiger partial charge in [-0.25, -0.2) is 0 Å². The van der Waals surface area contributed by atoms with Crippen LogP contribution in [-0.2, 0) is 0 Å². The average Bonchev–Trinajstić information content (AvgIpc) is 3.03. The Labute approximate surface area is 184 Å². The molecular weight excluding hydrogens is 444 g/mol. The molecule has 0 radical (unpaired) electrons. The molecule has 3 nitrogen and oxygen atoms in total. The first-order chi connectivity index (χ1) is 13.7. The molecule has 29 heavy (non-hydrogen) atoms. The predicted molar refractivity (Wildman–Crippen MR) is 125 cm³/mol. The summed E-state index contributed by atoms with van der Waals surface area (Å²) >= 11 is 3.52. The Morgan fingerprint density at radius 2 is 1.55 bits per heavy atom. The maximum absolute atomic E-state index is 10.0. The van der Waals surface area contributed by atoms with Crippen LogP contribution in [0.15, 0.2) is 46.9 Å². The molecule has 1 aliphatic heterocycles. The van der Waals surface area contributed by atoms with Gasteiger partial charge in [0, 0.05) is 10.0 Å². The van der Waals surface area contributed by atoms with Crippen LogP contribution < -0.4 is 9.16 Å². The van der Waals surface area contributed by atoms with Crippen LogP contribution in [0, 0.1) is 0 Å². The largest absolute Gasteiger partial charge is 0.543 e. The highest BCUT2D eigenvalue weighted by Gasteiger charge is 2.47. The summed E-state index contributed by atoms with van der Waals surface area (Å²) in [6.45, 7) is 13.9. The zero-order chi connectivity index (χ0) is 21.3. The van der Waals surface area contributed by atoms with E-state index in [1.165, 1.54) is 0 Å². The topological polar surface area (TPSA) is 38.7 Å². The van der Waals surface area contributed by atoms with Gasteiger partial charge in [-0.15, -0.1) is 0 Å². The smallest absolute Gasteiger partial charge is 0.258 e. The van der Waals surface area contributed by atoms with Crippen molar-refractivity contribution in [3.05, 3.63) is 58.1 Å². The van der Waals surface area contributed by atoms with Gasteiger partial charge >= 0.3 is 0 Å². The first-order valence-corrected chi connectivity index (χ1v) is 13.5. The molecule has 0 bridgehead atoms. The van der Waals surface area contributed by atoms with Crippen LogP contribution >= 0.6 is 15.9 Å². The molecule has 2 aromatic rings. The van der Waals surface area contributed by atoms with Crippen molar-refractivity contribution in [1.82, 2.24) is 0 Å². The number of aliphatic hydroxyl groups is 1. The number of hydrogen-bond acceptors (Lipinski definition) is 3. The Morgan fingerprint density at radius 3 is 2.07 bits per heavy atom. The van der Waals surface area contributed by atoms with Gasteiger partial charge in [-0.1, -0.05) is 69.6 Å². The van der Waals surface area contributed by atoms with Gasteiger partial charge < -0.3 is 14.3 Å². The fourth-order valence-corrected chi connectivity index (χ4v) is 10.7. The zero-order valence-corrected chi connectivity index (χ0v) is 20.9. The van der Waals surface area contributed by atoms with Crippen LogP contribution in [0.5, 0.6) is 11.5 Å². The third-order valence-corrected chi connectivity index (χ3v) is 12.9. The summed E-state index contributed by atoms with van der Waals surface area (Å²) in [6, 6.07) is 14.3. The number of benzene rings is 2. The summed E-state index contributed by atoms with van der Waals surface area (Å²) in [5, 5.41) is 10.0. The predicted octanol–water partition coefficient (Wildman–Crippen LogP) is 7.21. The number of aliphatic hydroxyl groups excluding tert-OH is 1. The van der Waals surface area contributed by atoms with E-state index in [9.17, 15) is 5.11 Å². The van der Waals surface area contributed by atoms with Crippen molar-refractivity contribution in [3.63, 3.8) is 0 Å². The molecule has 0 spiro atoms. The number of rotatable bonds is 7. The molecule has 3 rings (SSSR count). The second-order valence-corrected chi connectivity index (χ2v) is 15.3. The van der Waals surface area contributed by atoms with Crippen molar-refractivity contribution in [2.75, 3.05) is 6.61 Å². The highest BCUT2D eigenvalue weighted by molar-refractivity contribution is 9.10. The second-order valence-electron chi connectivity index (χ2n) is 9.00. The maximum Gasteiger partial charge on any atom is 0.258 e. The molecule has 158 valence electrons. The first-order valence-electron chi connectivity index (χ1n) is 10.6. The Kier molecular flexibility index (Phi) is 6.81. The van der Waals surface area contributed by atoms with Crippen molar-refractivity contribution in [2.24, 2.45) is 0 Å². The summed E-state index contributed by atoms with van der Waals surface area (Å²) in [7, 11) is -1.97. The molecule has 2 aromatic carbocycles. The first kappa shape index (κ1) is 22.4. The maximum atomic E-state index is 10.0. The van der Waals surface area contributed by atoms with Gasteiger partial charge in [0.1, 0.15) is 17.6 Å². The minimum absolute atomic E-state index is 0.0520. The third-order valence-electron chi connectivity index (χ3n) is 6.40. The monoisotopic (exact) mass is 476 g/mol. The minimum atomic E-state index is -1.97. The molecule has 0 amide bonds. The number of halogens is 1. The zero-order valence-electron chi connectivity index (χ0n) is 18.3. The summed E-state index contributed by atoms with van der Waals surface area (Å²) < 4.78 is 14.0. The van der Waals surface area contributed by atoms with Crippen molar-refractivity contribution >= 4 is 24.2 Å². The summed E-state index contributed by atoms with van der Waals surface area (Å²) in [4.78, 5) is 0. The van der Waals surface area contributed by atoms with Gasteiger partial charge in [-0.3, -0.25) is 0 Å². The molecular formula is C24H33BrO3Si. The molecule has 2 atom stereocenters. The van der Waals surface area contributed by atoms with Crippen molar-refractivity contribution in [1.29, 1.82) is 0 Å². The summed E-state index contributed by atoms with van der Waals surface area (Å²) in [6.07, 6.45) is -0.180. The minimum Gasteiger partial charge on any atom is -0.543 e. The second kappa shape index (κ2) is 8.82. The highest BCUT2D eigenvalue weighted by atomic mass is 79.9. The van der Waals surface area contributed by atoms with Crippen LogP contribution in [0.3, 0.4) is 0 Å². The van der Waals surface area contributed by atoms with E-state index in [0.717, 1.165) is 27.1 Å². The molecule has 0 aromatic heterocycles.